The van der Waals surface area contributed by atoms with Gasteiger partial charge in [-0.15, -0.1) is 0 Å². The molecule has 0 bridgehead atoms. The number of hydrogen-bond donors (Lipinski definition) is 1. The van der Waals surface area contributed by atoms with E-state index in [9.17, 15) is 18.0 Å². The number of rotatable bonds is 10. The quantitative estimate of drug-likeness (QED) is 0.474. The van der Waals surface area contributed by atoms with Crippen molar-refractivity contribution in [3.63, 3.8) is 0 Å². The number of anilines is 1. The molecule has 1 N–H and O–H groups in total. The van der Waals surface area contributed by atoms with Crippen LogP contribution in [0.25, 0.3) is 0 Å². The van der Waals surface area contributed by atoms with Crippen molar-refractivity contribution in [1.29, 1.82) is 0 Å². The minimum Gasteiger partial charge on any atom is -0.352 e. The van der Waals surface area contributed by atoms with Crippen LogP contribution in [0.1, 0.15) is 32.8 Å². The molecule has 2 rings (SSSR count). The Labute approximate surface area is 209 Å². The van der Waals surface area contributed by atoms with Crippen LogP contribution in [0.3, 0.4) is 0 Å². The molecule has 0 radical (unpaired) electrons. The number of hydrogen-bond acceptors (Lipinski definition) is 4. The first-order valence-corrected chi connectivity index (χ1v) is 13.5. The van der Waals surface area contributed by atoms with Crippen molar-refractivity contribution in [2.75, 3.05) is 17.1 Å². The van der Waals surface area contributed by atoms with E-state index in [1.165, 1.54) is 4.90 Å². The minimum atomic E-state index is -3.79. The van der Waals surface area contributed by atoms with Gasteiger partial charge in [-0.3, -0.25) is 13.9 Å². The summed E-state index contributed by atoms with van der Waals surface area (Å²) in [6, 6.07) is 12.9. The van der Waals surface area contributed by atoms with Gasteiger partial charge in [0.15, 0.2) is 0 Å². The number of halogens is 2. The van der Waals surface area contributed by atoms with Gasteiger partial charge in [-0.05, 0) is 60.0 Å². The zero-order valence-electron chi connectivity index (χ0n) is 19.1. The first-order chi connectivity index (χ1) is 15.5. The third kappa shape index (κ3) is 7.45. The lowest BCUT2D eigenvalue weighted by atomic mass is 10.1. The summed E-state index contributed by atoms with van der Waals surface area (Å²) in [6.45, 7) is 5.08. The van der Waals surface area contributed by atoms with Gasteiger partial charge in [0.05, 0.1) is 11.9 Å². The first-order valence-electron chi connectivity index (χ1n) is 10.5. The van der Waals surface area contributed by atoms with Gasteiger partial charge in [-0.1, -0.05) is 48.9 Å². The third-order valence-electron chi connectivity index (χ3n) is 4.92. The molecule has 33 heavy (non-hydrogen) atoms. The van der Waals surface area contributed by atoms with Crippen LogP contribution < -0.4 is 9.62 Å². The van der Waals surface area contributed by atoms with Gasteiger partial charge in [-0.2, -0.15) is 0 Å². The standard InChI is InChI=1S/C23H29BrClN3O4S/c1-5-20(23(30)26-16(2)3)27(14-17-10-6-8-12-19(17)25)22(29)15-28(33(4,31)32)21-13-9-7-11-18(21)24/h6-13,16,20H,5,14-15H2,1-4H3,(H,26,30)/t20-/m1/s1. The fourth-order valence-corrected chi connectivity index (χ4v) is 5.03. The van der Waals surface area contributed by atoms with Crippen molar-refractivity contribution in [3.05, 3.63) is 63.6 Å². The van der Waals surface area contributed by atoms with Gasteiger partial charge < -0.3 is 10.2 Å². The molecular formula is C23H29BrClN3O4S. The van der Waals surface area contributed by atoms with Crippen molar-refractivity contribution in [2.45, 2.75) is 45.8 Å². The second-order valence-corrected chi connectivity index (χ2v) is 11.1. The highest BCUT2D eigenvalue weighted by Gasteiger charge is 2.32. The lowest BCUT2D eigenvalue weighted by Crippen LogP contribution is -2.53. The summed E-state index contributed by atoms with van der Waals surface area (Å²) in [5.41, 5.74) is 1.00. The van der Waals surface area contributed by atoms with E-state index in [-0.39, 0.29) is 18.5 Å². The summed E-state index contributed by atoms with van der Waals surface area (Å²) in [5, 5.41) is 3.31. The molecule has 0 unspecified atom stereocenters. The zero-order chi connectivity index (χ0) is 24.8. The van der Waals surface area contributed by atoms with Crippen LogP contribution in [0, 0.1) is 0 Å². The van der Waals surface area contributed by atoms with Gasteiger partial charge in [0, 0.05) is 22.1 Å². The monoisotopic (exact) mass is 557 g/mol. The van der Waals surface area contributed by atoms with Gasteiger partial charge >= 0.3 is 0 Å². The highest BCUT2D eigenvalue weighted by molar-refractivity contribution is 9.10. The van der Waals surface area contributed by atoms with E-state index in [0.717, 1.165) is 10.6 Å². The highest BCUT2D eigenvalue weighted by atomic mass is 79.9. The molecule has 10 heteroatoms. The summed E-state index contributed by atoms with van der Waals surface area (Å²) in [7, 11) is -3.79. The number of carbonyl (C=O) groups is 2. The number of para-hydroxylation sites is 1. The Balaban J connectivity index is 2.47. The molecule has 180 valence electrons. The number of sulfonamides is 1. The molecule has 0 saturated carbocycles. The zero-order valence-corrected chi connectivity index (χ0v) is 22.2. The van der Waals surface area contributed by atoms with Crippen LogP contribution in [-0.2, 0) is 26.2 Å². The highest BCUT2D eigenvalue weighted by Crippen LogP contribution is 2.28. The van der Waals surface area contributed by atoms with Crippen molar-refractivity contribution in [3.8, 4) is 0 Å². The predicted molar refractivity (Wildman–Crippen MR) is 136 cm³/mol. The molecule has 0 spiro atoms. The Hall–Kier alpha value is -2.10. The van der Waals surface area contributed by atoms with E-state index in [0.29, 0.717) is 27.2 Å². The number of nitrogens with one attached hydrogen (secondary N) is 1. The van der Waals surface area contributed by atoms with Gasteiger partial charge in [0.2, 0.25) is 21.8 Å². The van der Waals surface area contributed by atoms with Crippen molar-refractivity contribution >= 4 is 55.1 Å². The van der Waals surface area contributed by atoms with Crippen LogP contribution in [0.5, 0.6) is 0 Å². The van der Waals surface area contributed by atoms with E-state index in [1.54, 1.807) is 55.5 Å². The average molecular weight is 559 g/mol. The van der Waals surface area contributed by atoms with Crippen LogP contribution in [0.4, 0.5) is 5.69 Å². The Morgan fingerprint density at radius 2 is 1.70 bits per heavy atom. The maximum absolute atomic E-state index is 13.6. The van der Waals surface area contributed by atoms with Crippen LogP contribution in [-0.4, -0.2) is 50.0 Å². The molecule has 0 aliphatic carbocycles. The summed E-state index contributed by atoms with van der Waals surface area (Å²) in [5.74, 6) is -0.818. The number of carbonyl (C=O) groups excluding carboxylic acids is 2. The Bertz CT molecular complexity index is 1090. The topological polar surface area (TPSA) is 86.8 Å². The molecule has 0 fully saturated rings. The number of amides is 2. The van der Waals surface area contributed by atoms with Crippen LogP contribution in [0.2, 0.25) is 5.02 Å². The van der Waals surface area contributed by atoms with Gasteiger partial charge in [0.1, 0.15) is 12.6 Å². The van der Waals surface area contributed by atoms with E-state index in [1.807, 2.05) is 13.8 Å². The SMILES string of the molecule is CC[C@H](C(=O)NC(C)C)N(Cc1ccccc1Cl)C(=O)CN(c1ccccc1Br)S(C)(=O)=O. The molecule has 7 nitrogen and oxygen atoms in total. The summed E-state index contributed by atoms with van der Waals surface area (Å²) < 4.78 is 26.8. The number of nitrogens with zero attached hydrogens (tertiary/aromatic N) is 2. The lowest BCUT2D eigenvalue weighted by Gasteiger charge is -2.33. The number of benzene rings is 2. The summed E-state index contributed by atoms with van der Waals surface area (Å²) >= 11 is 9.69. The second kappa shape index (κ2) is 11.9. The van der Waals surface area contributed by atoms with Crippen molar-refractivity contribution < 1.29 is 18.0 Å². The van der Waals surface area contributed by atoms with Crippen LogP contribution in [0.15, 0.2) is 53.0 Å². The Morgan fingerprint density at radius 3 is 2.24 bits per heavy atom. The molecule has 0 aliphatic rings. The van der Waals surface area contributed by atoms with Crippen molar-refractivity contribution in [2.24, 2.45) is 0 Å². The van der Waals surface area contributed by atoms with Gasteiger partial charge in [-0.25, -0.2) is 8.42 Å². The average Bonchev–Trinajstić information content (AvgIpc) is 2.72. The molecule has 2 aromatic carbocycles. The van der Waals surface area contributed by atoms with E-state index < -0.39 is 28.5 Å². The molecule has 0 heterocycles. The molecule has 2 amide bonds. The minimum absolute atomic E-state index is 0.0656. The maximum atomic E-state index is 13.6. The van der Waals surface area contributed by atoms with E-state index in [4.69, 9.17) is 11.6 Å². The lowest BCUT2D eigenvalue weighted by molar-refractivity contribution is -0.140. The van der Waals surface area contributed by atoms with Gasteiger partial charge in [0.25, 0.3) is 0 Å². The predicted octanol–water partition coefficient (Wildman–Crippen LogP) is 4.20. The Kier molecular flexibility index (Phi) is 9.75. The first kappa shape index (κ1) is 27.1. The smallest absolute Gasteiger partial charge is 0.244 e. The molecule has 0 aromatic heterocycles. The molecule has 2 aromatic rings. The largest absolute Gasteiger partial charge is 0.352 e. The normalized spacial score (nSPS) is 12.3. The maximum Gasteiger partial charge on any atom is 0.244 e. The molecular weight excluding hydrogens is 530 g/mol. The summed E-state index contributed by atoms with van der Waals surface area (Å²) in [4.78, 5) is 27.9. The Morgan fingerprint density at radius 1 is 1.09 bits per heavy atom. The molecule has 0 saturated heterocycles. The van der Waals surface area contributed by atoms with Crippen molar-refractivity contribution in [1.82, 2.24) is 10.2 Å². The third-order valence-corrected chi connectivity index (χ3v) is 7.08. The van der Waals surface area contributed by atoms with E-state index >= 15 is 0 Å². The molecule has 0 aliphatic heterocycles. The fraction of sp³-hybridized carbons (Fsp3) is 0.391. The molecule has 1 atom stereocenters. The fourth-order valence-electron chi connectivity index (χ4n) is 3.36. The second-order valence-electron chi connectivity index (χ2n) is 7.92. The summed E-state index contributed by atoms with van der Waals surface area (Å²) in [6.07, 6.45) is 1.39. The van der Waals surface area contributed by atoms with E-state index in [2.05, 4.69) is 21.2 Å². The van der Waals surface area contributed by atoms with Crippen LogP contribution >= 0.6 is 27.5 Å².